The lowest BCUT2D eigenvalue weighted by molar-refractivity contribution is 0.935. The number of rotatable bonds is 19. The van der Waals surface area contributed by atoms with E-state index >= 15 is 0 Å². The first kappa shape index (κ1) is 27.7. The smallest absolute Gasteiger partial charge is 0.0184 e. The van der Waals surface area contributed by atoms with Crippen molar-refractivity contribution in [1.82, 2.24) is 4.72 Å². The largest absolute Gasteiger partial charge is 0.325 e. The minimum Gasteiger partial charge on any atom is -0.325 e. The molecule has 0 unspecified atom stereocenters. The van der Waals surface area contributed by atoms with Crippen LogP contribution in [0.15, 0.2) is 85.2 Å². The van der Waals surface area contributed by atoms with Gasteiger partial charge in [-0.05, 0) is 57.8 Å². The van der Waals surface area contributed by atoms with Crippen molar-refractivity contribution in [2.75, 3.05) is 5.75 Å². The summed E-state index contributed by atoms with van der Waals surface area (Å²) in [6, 6.07) is 0. The van der Waals surface area contributed by atoms with Crippen molar-refractivity contribution in [1.29, 1.82) is 0 Å². The number of allylic oxidation sites excluding steroid dienone is 13. The Kier molecular flexibility index (Phi) is 23.6. The first-order valence-electron chi connectivity index (χ1n) is 10.9. The predicted molar refractivity (Wildman–Crippen MR) is 140 cm³/mol. The Hall–Kier alpha value is -1.32. The van der Waals surface area contributed by atoms with Crippen LogP contribution < -0.4 is 4.72 Å². The molecule has 0 spiro atoms. The molecular formula is C26H41NS2. The number of hydrogen-bond acceptors (Lipinski definition) is 3. The molecule has 0 saturated heterocycles. The Morgan fingerprint density at radius 2 is 1.14 bits per heavy atom. The van der Waals surface area contributed by atoms with Gasteiger partial charge in [-0.1, -0.05) is 104 Å². The molecule has 0 aromatic rings. The van der Waals surface area contributed by atoms with Gasteiger partial charge in [0.25, 0.3) is 0 Å². The van der Waals surface area contributed by atoms with E-state index < -0.39 is 0 Å². The maximum absolute atomic E-state index is 4.06. The third-order valence-corrected chi connectivity index (χ3v) is 5.91. The molecule has 0 amide bonds. The van der Waals surface area contributed by atoms with E-state index in [9.17, 15) is 0 Å². The maximum Gasteiger partial charge on any atom is 0.0184 e. The fraction of sp³-hybridized carbons (Fsp3) is 0.462. The highest BCUT2D eigenvalue weighted by molar-refractivity contribution is 8.76. The summed E-state index contributed by atoms with van der Waals surface area (Å²) in [5.74, 6) is 1.18. The summed E-state index contributed by atoms with van der Waals surface area (Å²) < 4.78 is 3.30. The normalized spacial score (nSPS) is 12.8. The van der Waals surface area contributed by atoms with Crippen LogP contribution >= 0.6 is 21.8 Å². The second kappa shape index (κ2) is 24.7. The van der Waals surface area contributed by atoms with Gasteiger partial charge in [-0.3, -0.25) is 0 Å². The zero-order valence-electron chi connectivity index (χ0n) is 18.5. The second-order valence-electron chi connectivity index (χ2n) is 6.56. The molecule has 29 heavy (non-hydrogen) atoms. The molecular weight excluding hydrogens is 390 g/mol. The van der Waals surface area contributed by atoms with E-state index in [1.807, 2.05) is 10.8 Å². The summed E-state index contributed by atoms with van der Waals surface area (Å²) in [7, 11) is 3.54. The molecule has 3 heteroatoms. The Labute approximate surface area is 188 Å². The van der Waals surface area contributed by atoms with Gasteiger partial charge in [0.15, 0.2) is 0 Å². The van der Waals surface area contributed by atoms with Gasteiger partial charge in [0, 0.05) is 22.4 Å². The van der Waals surface area contributed by atoms with Gasteiger partial charge in [0.1, 0.15) is 0 Å². The molecule has 1 nitrogen and oxygen atoms in total. The lowest BCUT2D eigenvalue weighted by atomic mass is 10.2. The van der Waals surface area contributed by atoms with E-state index in [1.165, 1.54) is 12.2 Å². The monoisotopic (exact) mass is 431 g/mol. The zero-order chi connectivity index (χ0) is 21.3. The quantitative estimate of drug-likeness (QED) is 0.0946. The lowest BCUT2D eigenvalue weighted by Gasteiger charge is -2.05. The summed E-state index contributed by atoms with van der Waals surface area (Å²) in [6.45, 7) is 8.42. The average molecular weight is 432 g/mol. The van der Waals surface area contributed by atoms with Crippen molar-refractivity contribution >= 4 is 21.8 Å². The molecule has 0 radical (unpaired) electrons. The number of hydrogen-bond donors (Lipinski definition) is 1. The Morgan fingerprint density at radius 3 is 1.59 bits per heavy atom. The van der Waals surface area contributed by atoms with Crippen LogP contribution in [0.2, 0.25) is 0 Å². The van der Waals surface area contributed by atoms with Crippen LogP contribution in [-0.4, -0.2) is 5.75 Å². The summed E-state index contributed by atoms with van der Waals surface area (Å²) in [6.07, 6.45) is 36.3. The highest BCUT2D eigenvalue weighted by atomic mass is 33.1. The summed E-state index contributed by atoms with van der Waals surface area (Å²) in [5, 5.41) is 0. The molecule has 0 aliphatic carbocycles. The first-order chi connectivity index (χ1) is 14.3. The maximum atomic E-state index is 4.06. The van der Waals surface area contributed by atoms with Crippen LogP contribution in [-0.2, 0) is 0 Å². The average Bonchev–Trinajstić information content (AvgIpc) is 2.73. The molecule has 0 aliphatic heterocycles. The topological polar surface area (TPSA) is 12.0 Å². The van der Waals surface area contributed by atoms with E-state index in [0.717, 1.165) is 57.1 Å². The lowest BCUT2D eigenvalue weighted by Crippen LogP contribution is -1.99. The van der Waals surface area contributed by atoms with Crippen molar-refractivity contribution < 1.29 is 0 Å². The van der Waals surface area contributed by atoms with Crippen molar-refractivity contribution in [2.45, 2.75) is 71.6 Å². The van der Waals surface area contributed by atoms with E-state index in [0.29, 0.717) is 0 Å². The van der Waals surface area contributed by atoms with Crippen LogP contribution in [0.25, 0.3) is 0 Å². The van der Waals surface area contributed by atoms with Gasteiger partial charge in [-0.2, -0.15) is 0 Å². The Morgan fingerprint density at radius 1 is 0.690 bits per heavy atom. The van der Waals surface area contributed by atoms with Crippen molar-refractivity contribution in [3.63, 3.8) is 0 Å². The van der Waals surface area contributed by atoms with Gasteiger partial charge in [-0.25, -0.2) is 0 Å². The molecule has 0 aromatic carbocycles. The number of nitrogens with one attached hydrogen (secondary N) is 1. The second-order valence-corrected chi connectivity index (χ2v) is 8.79. The fourth-order valence-corrected chi connectivity index (χ4v) is 3.97. The summed E-state index contributed by atoms with van der Waals surface area (Å²) >= 11 is 0. The Balaban J connectivity index is 3.54. The fourth-order valence-electron chi connectivity index (χ4n) is 2.16. The molecule has 162 valence electrons. The van der Waals surface area contributed by atoms with Gasteiger partial charge >= 0.3 is 0 Å². The summed E-state index contributed by atoms with van der Waals surface area (Å²) in [5.41, 5.74) is 1.11. The molecule has 0 aliphatic rings. The molecule has 0 bridgehead atoms. The molecule has 0 saturated carbocycles. The van der Waals surface area contributed by atoms with Gasteiger partial charge in [0.2, 0.25) is 0 Å². The van der Waals surface area contributed by atoms with Gasteiger partial charge in [0.05, 0.1) is 0 Å². The third-order valence-electron chi connectivity index (χ3n) is 3.74. The van der Waals surface area contributed by atoms with Crippen molar-refractivity contribution in [3.05, 3.63) is 85.2 Å². The van der Waals surface area contributed by atoms with Crippen LogP contribution in [0.4, 0.5) is 0 Å². The minimum atomic E-state index is 1.00. The highest BCUT2D eigenvalue weighted by Crippen LogP contribution is 2.20. The van der Waals surface area contributed by atoms with E-state index in [4.69, 9.17) is 0 Å². The van der Waals surface area contributed by atoms with Crippen LogP contribution in [0.3, 0.4) is 0 Å². The first-order valence-corrected chi connectivity index (χ1v) is 13.2. The molecule has 1 N–H and O–H groups in total. The van der Waals surface area contributed by atoms with E-state index in [1.54, 1.807) is 11.0 Å². The standard InChI is InChI=1S/C26H41NS2/c1-4-6-7-8-9-10-11-12-13-14-15-16-17-18-19-20-21-22-23-24-26(3)27-29-28-25-5-2/h6-7,9-10,12-13,15-16,18-19,21-22,27H,3-5,8,11,14,17,20,23-25H2,1-2H3/b7-6-,10-9-,13-12-,16-15-,19-18-,22-21-. The van der Waals surface area contributed by atoms with E-state index in [2.05, 4.69) is 98.1 Å². The predicted octanol–water partition coefficient (Wildman–Crippen LogP) is 9.27. The van der Waals surface area contributed by atoms with Gasteiger partial charge in [-0.15, -0.1) is 0 Å². The van der Waals surface area contributed by atoms with Crippen LogP contribution in [0, 0.1) is 0 Å². The van der Waals surface area contributed by atoms with Crippen LogP contribution in [0.5, 0.6) is 0 Å². The molecule has 0 aromatic heterocycles. The Bertz CT molecular complexity index is 539. The molecule has 0 rings (SSSR count). The minimum absolute atomic E-state index is 1.00. The highest BCUT2D eigenvalue weighted by Gasteiger charge is 1.92. The van der Waals surface area contributed by atoms with Crippen molar-refractivity contribution in [3.8, 4) is 0 Å². The molecule has 0 heterocycles. The van der Waals surface area contributed by atoms with Crippen LogP contribution in [0.1, 0.15) is 71.6 Å². The zero-order valence-corrected chi connectivity index (χ0v) is 20.2. The van der Waals surface area contributed by atoms with Gasteiger partial charge < -0.3 is 4.72 Å². The summed E-state index contributed by atoms with van der Waals surface area (Å²) in [4.78, 5) is 0. The van der Waals surface area contributed by atoms with E-state index in [-0.39, 0.29) is 0 Å². The van der Waals surface area contributed by atoms with Crippen molar-refractivity contribution in [2.24, 2.45) is 0 Å². The molecule has 0 fully saturated rings. The molecule has 0 atom stereocenters. The third kappa shape index (κ3) is 24.6. The SMILES string of the molecule is C=C(CC/C=C\C/C=C\C/C=C\C/C=C\C/C=C\C/C=C\CC)NSSCCC.